The number of nitrogens with one attached hydrogen (secondary N) is 2. The molecule has 1 amide bonds. The summed E-state index contributed by atoms with van der Waals surface area (Å²) in [4.78, 5) is 34.5. The molecular weight excluding hydrogens is 756 g/mol. The van der Waals surface area contributed by atoms with Crippen molar-refractivity contribution < 1.29 is 29.7 Å². The fraction of sp³-hybridized carbons (Fsp3) is 0.103. The molecular formula is C29H18Cl8N2O6. The highest BCUT2D eigenvalue weighted by Crippen LogP contribution is 2.43. The molecule has 4 N–H and O–H groups in total. The van der Waals surface area contributed by atoms with Crippen molar-refractivity contribution in [3.05, 3.63) is 122 Å². The maximum atomic E-state index is 13.0. The van der Waals surface area contributed by atoms with Gasteiger partial charge >= 0.3 is 5.97 Å². The molecule has 0 spiro atoms. The SMILES string of the molecule is O=C(O)c1c(Cl)c(Cl)c(Cl)c(Cl)c1C(=O)Nc1ccc(Cc2ccc(NOCc3c(Cl)c(Cl)c(Cl)c(Cl)c3COO)cc2)cc1. The van der Waals surface area contributed by atoms with E-state index in [4.69, 9.17) is 103 Å². The van der Waals surface area contributed by atoms with Gasteiger partial charge in [-0.3, -0.25) is 20.4 Å². The second kappa shape index (κ2) is 15.6. The zero-order chi connectivity index (χ0) is 33.0. The average molecular weight is 774 g/mol. The number of hydrogen-bond acceptors (Lipinski definition) is 6. The molecule has 8 nitrogen and oxygen atoms in total. The number of anilines is 2. The van der Waals surface area contributed by atoms with Gasteiger partial charge in [-0.15, -0.1) is 0 Å². The fourth-order valence-corrected chi connectivity index (χ4v) is 6.21. The van der Waals surface area contributed by atoms with Gasteiger partial charge in [0.05, 0.1) is 57.0 Å². The number of carbonyl (C=O) groups is 2. The van der Waals surface area contributed by atoms with E-state index in [9.17, 15) is 14.7 Å². The van der Waals surface area contributed by atoms with Crippen molar-refractivity contribution in [2.45, 2.75) is 19.6 Å². The Hall–Kier alpha value is -2.18. The van der Waals surface area contributed by atoms with E-state index >= 15 is 0 Å². The molecule has 4 rings (SSSR count). The van der Waals surface area contributed by atoms with Gasteiger partial charge < -0.3 is 10.4 Å². The molecule has 0 aliphatic carbocycles. The van der Waals surface area contributed by atoms with Crippen LogP contribution in [0.5, 0.6) is 0 Å². The summed E-state index contributed by atoms with van der Waals surface area (Å²) in [5.74, 6) is -2.31. The highest BCUT2D eigenvalue weighted by molar-refractivity contribution is 6.54. The topological polar surface area (TPSA) is 117 Å². The first-order chi connectivity index (χ1) is 21.3. The van der Waals surface area contributed by atoms with Crippen molar-refractivity contribution in [2.24, 2.45) is 0 Å². The third kappa shape index (κ3) is 8.04. The largest absolute Gasteiger partial charge is 0.478 e. The van der Waals surface area contributed by atoms with Crippen molar-refractivity contribution in [1.82, 2.24) is 0 Å². The van der Waals surface area contributed by atoms with Gasteiger partial charge in [0, 0.05) is 16.8 Å². The lowest BCUT2D eigenvalue weighted by molar-refractivity contribution is -0.253. The molecule has 4 aromatic rings. The monoisotopic (exact) mass is 770 g/mol. The summed E-state index contributed by atoms with van der Waals surface area (Å²) in [6, 6.07) is 14.3. The molecule has 16 heteroatoms. The van der Waals surface area contributed by atoms with Crippen LogP contribution in [0.15, 0.2) is 48.5 Å². The van der Waals surface area contributed by atoms with Crippen molar-refractivity contribution in [2.75, 3.05) is 10.8 Å². The van der Waals surface area contributed by atoms with Crippen LogP contribution in [-0.4, -0.2) is 22.2 Å². The van der Waals surface area contributed by atoms with Crippen LogP contribution in [0.4, 0.5) is 11.4 Å². The summed E-state index contributed by atoms with van der Waals surface area (Å²) in [6.45, 7) is -0.344. The molecule has 0 radical (unpaired) electrons. The van der Waals surface area contributed by atoms with Gasteiger partial charge in [-0.1, -0.05) is 117 Å². The molecule has 0 aromatic heterocycles. The minimum Gasteiger partial charge on any atom is -0.478 e. The van der Waals surface area contributed by atoms with Crippen LogP contribution in [0, 0.1) is 0 Å². The van der Waals surface area contributed by atoms with E-state index in [1.807, 2.05) is 12.1 Å². The molecule has 0 heterocycles. The zero-order valence-electron chi connectivity index (χ0n) is 22.3. The summed E-state index contributed by atoms with van der Waals surface area (Å²) >= 11 is 49.0. The highest BCUT2D eigenvalue weighted by atomic mass is 35.5. The third-order valence-corrected chi connectivity index (χ3v) is 10.1. The molecule has 0 aliphatic heterocycles. The Morgan fingerprint density at radius 2 is 1.04 bits per heavy atom. The molecule has 236 valence electrons. The van der Waals surface area contributed by atoms with Crippen molar-refractivity contribution in [1.29, 1.82) is 0 Å². The third-order valence-electron chi connectivity index (χ3n) is 6.37. The van der Waals surface area contributed by atoms with Crippen LogP contribution >= 0.6 is 92.8 Å². The second-order valence-corrected chi connectivity index (χ2v) is 12.2. The number of carboxylic acid groups (broad SMARTS) is 1. The lowest BCUT2D eigenvalue weighted by atomic mass is 10.0. The Morgan fingerprint density at radius 1 is 0.600 bits per heavy atom. The number of carbonyl (C=O) groups excluding carboxylic acids is 1. The lowest BCUT2D eigenvalue weighted by Gasteiger charge is -2.16. The van der Waals surface area contributed by atoms with Gasteiger partial charge in [-0.05, 0) is 41.8 Å². The van der Waals surface area contributed by atoms with Crippen molar-refractivity contribution in [3.8, 4) is 0 Å². The first kappa shape index (κ1) is 35.7. The van der Waals surface area contributed by atoms with Crippen molar-refractivity contribution >= 4 is 116 Å². The number of halogens is 8. The van der Waals surface area contributed by atoms with Crippen LogP contribution in [0.2, 0.25) is 40.2 Å². The summed E-state index contributed by atoms with van der Waals surface area (Å²) in [7, 11) is 0. The highest BCUT2D eigenvalue weighted by Gasteiger charge is 2.29. The molecule has 0 saturated heterocycles. The number of carboxylic acids is 1. The summed E-state index contributed by atoms with van der Waals surface area (Å²) in [6.07, 6.45) is 0.564. The van der Waals surface area contributed by atoms with Crippen LogP contribution in [-0.2, 0) is 29.4 Å². The van der Waals surface area contributed by atoms with Gasteiger partial charge in [0.1, 0.15) is 13.2 Å². The van der Waals surface area contributed by atoms with Gasteiger partial charge in [-0.2, -0.15) is 0 Å². The maximum absolute atomic E-state index is 13.0. The Bertz CT molecular complexity index is 1770. The van der Waals surface area contributed by atoms with Crippen LogP contribution < -0.4 is 10.8 Å². The predicted octanol–water partition coefficient (Wildman–Crippen LogP) is 11.0. The van der Waals surface area contributed by atoms with E-state index < -0.39 is 28.0 Å². The summed E-state index contributed by atoms with van der Waals surface area (Å²) < 4.78 is 0. The minimum absolute atomic E-state index is 0.0370. The number of aromatic carboxylic acids is 1. The lowest BCUT2D eigenvalue weighted by Crippen LogP contribution is -2.18. The molecule has 45 heavy (non-hydrogen) atoms. The predicted molar refractivity (Wildman–Crippen MR) is 179 cm³/mol. The smallest absolute Gasteiger partial charge is 0.338 e. The Labute approximate surface area is 296 Å². The van der Waals surface area contributed by atoms with Gasteiger partial charge in [-0.25, -0.2) is 9.68 Å². The number of benzene rings is 4. The van der Waals surface area contributed by atoms with Gasteiger partial charge in [0.15, 0.2) is 0 Å². The molecule has 0 saturated carbocycles. The summed E-state index contributed by atoms with van der Waals surface area (Å²) in [5, 5.41) is 20.2. The molecule has 4 aromatic carbocycles. The van der Waals surface area contributed by atoms with Crippen LogP contribution in [0.25, 0.3) is 0 Å². The van der Waals surface area contributed by atoms with E-state index in [-0.39, 0.29) is 48.4 Å². The summed E-state index contributed by atoms with van der Waals surface area (Å²) in [5.41, 5.74) is 5.48. The van der Waals surface area contributed by atoms with E-state index in [0.29, 0.717) is 28.9 Å². The van der Waals surface area contributed by atoms with Gasteiger partial charge in [0.2, 0.25) is 0 Å². The Balaban J connectivity index is 1.38. The Kier molecular flexibility index (Phi) is 12.4. The van der Waals surface area contributed by atoms with E-state index in [1.54, 1.807) is 36.4 Å². The van der Waals surface area contributed by atoms with Gasteiger partial charge in [0.25, 0.3) is 5.91 Å². The number of rotatable bonds is 11. The Morgan fingerprint density at radius 3 is 1.53 bits per heavy atom. The number of hydrogen-bond donors (Lipinski definition) is 4. The maximum Gasteiger partial charge on any atom is 0.338 e. The van der Waals surface area contributed by atoms with Crippen LogP contribution in [0.3, 0.4) is 0 Å². The molecule has 0 unspecified atom stereocenters. The average Bonchev–Trinajstić information content (AvgIpc) is 3.02. The fourth-order valence-electron chi connectivity index (χ4n) is 4.15. The van der Waals surface area contributed by atoms with E-state index in [1.165, 1.54) is 0 Å². The number of amides is 1. The quantitative estimate of drug-likeness (QED) is 0.0519. The molecule has 0 fully saturated rings. The van der Waals surface area contributed by atoms with E-state index in [0.717, 1.165) is 11.1 Å². The first-order valence-electron chi connectivity index (χ1n) is 12.4. The van der Waals surface area contributed by atoms with Crippen LogP contribution in [0.1, 0.15) is 43.0 Å². The zero-order valence-corrected chi connectivity index (χ0v) is 28.3. The standard InChI is InChI=1S/C29H18Cl8N2O6/c30-20-16(17(11-45-43)21(31)25(35)24(20)34)10-44-39-15-7-3-13(4-8-15)9-12-1-5-14(6-2-12)38-28(40)18-19(29(41)42)23(33)27(37)26(36)22(18)32/h1-8,39,43H,9-11H2,(H,38,40)(H,41,42). The second-order valence-electron chi connectivity index (χ2n) is 9.21. The van der Waals surface area contributed by atoms with E-state index in [2.05, 4.69) is 15.7 Å². The first-order valence-corrected chi connectivity index (χ1v) is 15.4. The molecule has 0 aliphatic rings. The molecule has 0 atom stereocenters. The van der Waals surface area contributed by atoms with Crippen molar-refractivity contribution in [3.63, 3.8) is 0 Å². The normalized spacial score (nSPS) is 11.0. The minimum atomic E-state index is -1.49. The molecule has 0 bridgehead atoms.